The Hall–Kier alpha value is -3.08. The molecule has 0 aliphatic carbocycles. The zero-order valence-electron chi connectivity index (χ0n) is 13.6. The van der Waals surface area contributed by atoms with Gasteiger partial charge >= 0.3 is 0 Å². The lowest BCUT2D eigenvalue weighted by atomic mass is 10.1. The van der Waals surface area contributed by atoms with Gasteiger partial charge in [0.1, 0.15) is 0 Å². The molecule has 2 aromatic carbocycles. The highest BCUT2D eigenvalue weighted by Crippen LogP contribution is 2.28. The standard InChI is InChI=1S/C19H18N4O/c1-12-9-18(22-21-12)20-19(24)11-13-7-8-17-15(10-13)14-5-3-4-6-16(14)23(17)2/h3-10H,11H2,1-2H3,(H2,20,21,22,24). The van der Waals surface area contributed by atoms with Crippen molar-refractivity contribution in [3.63, 3.8) is 0 Å². The summed E-state index contributed by atoms with van der Waals surface area (Å²) >= 11 is 0. The molecule has 4 aromatic rings. The lowest BCUT2D eigenvalue weighted by molar-refractivity contribution is -0.115. The number of hydrogen-bond acceptors (Lipinski definition) is 2. The molecule has 5 heteroatoms. The van der Waals surface area contributed by atoms with E-state index in [2.05, 4.69) is 51.4 Å². The number of H-pyrrole nitrogens is 1. The minimum atomic E-state index is -0.0684. The molecule has 0 atom stereocenters. The average Bonchev–Trinajstić information content (AvgIpc) is 3.10. The van der Waals surface area contributed by atoms with Crippen LogP contribution >= 0.6 is 0 Å². The summed E-state index contributed by atoms with van der Waals surface area (Å²) in [6, 6.07) is 16.3. The number of aromatic amines is 1. The summed E-state index contributed by atoms with van der Waals surface area (Å²) in [5, 5.41) is 12.0. The molecule has 0 fully saturated rings. The first-order valence-electron chi connectivity index (χ1n) is 7.90. The normalized spacial score (nSPS) is 11.2. The van der Waals surface area contributed by atoms with E-state index in [1.165, 1.54) is 21.8 Å². The molecule has 2 heterocycles. The number of rotatable bonds is 3. The van der Waals surface area contributed by atoms with Crippen molar-refractivity contribution < 1.29 is 4.79 Å². The molecule has 0 aliphatic heterocycles. The van der Waals surface area contributed by atoms with Gasteiger partial charge in [0.15, 0.2) is 5.82 Å². The van der Waals surface area contributed by atoms with Crippen LogP contribution in [0.25, 0.3) is 21.8 Å². The fraction of sp³-hybridized carbons (Fsp3) is 0.158. The van der Waals surface area contributed by atoms with Gasteiger partial charge in [-0.05, 0) is 30.7 Å². The molecule has 0 saturated heterocycles. The molecule has 0 aliphatic rings. The van der Waals surface area contributed by atoms with Gasteiger partial charge in [0.2, 0.25) is 5.91 Å². The van der Waals surface area contributed by atoms with Crippen molar-refractivity contribution in [2.24, 2.45) is 7.05 Å². The van der Waals surface area contributed by atoms with E-state index in [0.717, 1.165) is 11.3 Å². The molecule has 0 radical (unpaired) electrons. The largest absolute Gasteiger partial charge is 0.344 e. The number of carbonyl (C=O) groups excluding carboxylic acids is 1. The molecular weight excluding hydrogens is 300 g/mol. The third kappa shape index (κ3) is 2.44. The Morgan fingerprint density at radius 3 is 2.71 bits per heavy atom. The molecule has 0 bridgehead atoms. The van der Waals surface area contributed by atoms with Crippen molar-refractivity contribution in [1.29, 1.82) is 0 Å². The van der Waals surface area contributed by atoms with Crippen LogP contribution in [0.1, 0.15) is 11.3 Å². The number of nitrogens with zero attached hydrogens (tertiary/aromatic N) is 2. The lowest BCUT2D eigenvalue weighted by Crippen LogP contribution is -2.14. The summed E-state index contributed by atoms with van der Waals surface area (Å²) in [4.78, 5) is 12.2. The van der Waals surface area contributed by atoms with Gasteiger partial charge in [-0.3, -0.25) is 9.89 Å². The number of para-hydroxylation sites is 1. The highest BCUT2D eigenvalue weighted by Gasteiger charge is 2.11. The number of hydrogen-bond donors (Lipinski definition) is 2. The predicted molar refractivity (Wildman–Crippen MR) is 96.1 cm³/mol. The second-order valence-electron chi connectivity index (χ2n) is 6.09. The SMILES string of the molecule is Cc1cc(NC(=O)Cc2ccc3c(c2)c2ccccc2n3C)n[nH]1. The summed E-state index contributed by atoms with van der Waals surface area (Å²) in [5.74, 6) is 0.491. The smallest absolute Gasteiger partial charge is 0.229 e. The molecule has 0 unspecified atom stereocenters. The number of aromatic nitrogens is 3. The Kier molecular flexibility index (Phi) is 3.34. The number of fused-ring (bicyclic) bond motifs is 3. The molecule has 1 amide bonds. The van der Waals surface area contributed by atoms with E-state index >= 15 is 0 Å². The van der Waals surface area contributed by atoms with Gasteiger partial charge in [0, 0.05) is 40.6 Å². The fourth-order valence-corrected chi connectivity index (χ4v) is 3.18. The van der Waals surface area contributed by atoms with Crippen molar-refractivity contribution in [1.82, 2.24) is 14.8 Å². The van der Waals surface area contributed by atoms with Gasteiger partial charge in [-0.2, -0.15) is 5.10 Å². The summed E-state index contributed by atoms with van der Waals surface area (Å²) in [5.41, 5.74) is 4.27. The topological polar surface area (TPSA) is 62.7 Å². The average molecular weight is 318 g/mol. The highest BCUT2D eigenvalue weighted by atomic mass is 16.1. The molecule has 4 rings (SSSR count). The minimum absolute atomic E-state index is 0.0684. The Labute approximate surface area is 139 Å². The Bertz CT molecular complexity index is 1060. The molecular formula is C19H18N4O. The number of amides is 1. The van der Waals surface area contributed by atoms with Crippen molar-refractivity contribution in [3.8, 4) is 0 Å². The molecule has 0 saturated carbocycles. The van der Waals surface area contributed by atoms with Crippen LogP contribution in [-0.2, 0) is 18.3 Å². The van der Waals surface area contributed by atoms with Gasteiger partial charge in [-0.25, -0.2) is 0 Å². The van der Waals surface area contributed by atoms with E-state index in [-0.39, 0.29) is 5.91 Å². The van der Waals surface area contributed by atoms with Crippen LogP contribution in [0.5, 0.6) is 0 Å². The Morgan fingerprint density at radius 1 is 1.12 bits per heavy atom. The van der Waals surface area contributed by atoms with Gasteiger partial charge in [0.05, 0.1) is 6.42 Å². The summed E-state index contributed by atoms with van der Waals surface area (Å²) in [6.45, 7) is 1.90. The van der Waals surface area contributed by atoms with Crippen molar-refractivity contribution in [3.05, 3.63) is 59.8 Å². The summed E-state index contributed by atoms with van der Waals surface area (Å²) in [7, 11) is 2.07. The first kappa shape index (κ1) is 14.5. The molecule has 120 valence electrons. The second kappa shape index (κ2) is 5.53. The van der Waals surface area contributed by atoms with Crippen molar-refractivity contribution >= 4 is 33.5 Å². The van der Waals surface area contributed by atoms with Crippen LogP contribution in [0.2, 0.25) is 0 Å². The van der Waals surface area contributed by atoms with Gasteiger partial charge in [0.25, 0.3) is 0 Å². The predicted octanol–water partition coefficient (Wildman–Crippen LogP) is 3.54. The summed E-state index contributed by atoms with van der Waals surface area (Å²) < 4.78 is 2.18. The maximum atomic E-state index is 12.2. The van der Waals surface area contributed by atoms with E-state index < -0.39 is 0 Å². The molecule has 24 heavy (non-hydrogen) atoms. The van der Waals surface area contributed by atoms with Gasteiger partial charge in [-0.1, -0.05) is 24.3 Å². The number of aryl methyl sites for hydroxylation is 2. The molecule has 0 spiro atoms. The summed E-state index contributed by atoms with van der Waals surface area (Å²) in [6.07, 6.45) is 0.324. The lowest BCUT2D eigenvalue weighted by Gasteiger charge is -2.03. The van der Waals surface area contributed by atoms with E-state index in [4.69, 9.17) is 0 Å². The fourth-order valence-electron chi connectivity index (χ4n) is 3.18. The van der Waals surface area contributed by atoms with E-state index in [9.17, 15) is 4.79 Å². The van der Waals surface area contributed by atoms with Crippen LogP contribution in [0, 0.1) is 6.92 Å². The quantitative estimate of drug-likeness (QED) is 0.607. The van der Waals surface area contributed by atoms with Gasteiger partial charge in [-0.15, -0.1) is 0 Å². The third-order valence-electron chi connectivity index (χ3n) is 4.32. The number of nitrogens with one attached hydrogen (secondary N) is 2. The molecule has 2 N–H and O–H groups in total. The highest BCUT2D eigenvalue weighted by molar-refractivity contribution is 6.08. The van der Waals surface area contributed by atoms with Crippen molar-refractivity contribution in [2.45, 2.75) is 13.3 Å². The van der Waals surface area contributed by atoms with Crippen molar-refractivity contribution in [2.75, 3.05) is 5.32 Å². The zero-order chi connectivity index (χ0) is 16.7. The Balaban J connectivity index is 1.65. The minimum Gasteiger partial charge on any atom is -0.344 e. The van der Waals surface area contributed by atoms with E-state index in [1.807, 2.05) is 31.2 Å². The second-order valence-corrected chi connectivity index (χ2v) is 6.09. The van der Waals surface area contributed by atoms with E-state index in [1.54, 1.807) is 0 Å². The Morgan fingerprint density at radius 2 is 1.92 bits per heavy atom. The third-order valence-corrected chi connectivity index (χ3v) is 4.32. The monoisotopic (exact) mass is 318 g/mol. The maximum absolute atomic E-state index is 12.2. The van der Waals surface area contributed by atoms with Gasteiger partial charge < -0.3 is 9.88 Å². The maximum Gasteiger partial charge on any atom is 0.229 e. The van der Waals surface area contributed by atoms with Crippen LogP contribution in [-0.4, -0.2) is 20.7 Å². The van der Waals surface area contributed by atoms with E-state index in [0.29, 0.717) is 12.2 Å². The zero-order valence-corrected chi connectivity index (χ0v) is 13.6. The van der Waals surface area contributed by atoms with Crippen LogP contribution < -0.4 is 5.32 Å². The van der Waals surface area contributed by atoms with Crippen LogP contribution in [0.3, 0.4) is 0 Å². The van der Waals surface area contributed by atoms with Crippen LogP contribution in [0.15, 0.2) is 48.5 Å². The first-order valence-corrected chi connectivity index (χ1v) is 7.90. The number of benzene rings is 2. The molecule has 5 nitrogen and oxygen atoms in total. The number of carbonyl (C=O) groups is 1. The number of anilines is 1. The first-order chi connectivity index (χ1) is 11.6. The van der Waals surface area contributed by atoms with Crippen LogP contribution in [0.4, 0.5) is 5.82 Å². The molecule has 2 aromatic heterocycles.